The summed E-state index contributed by atoms with van der Waals surface area (Å²) in [6.45, 7) is 1.59. The molecular formula is C20H17Cl2N3O2S. The Kier molecular flexibility index (Phi) is 5.62. The van der Waals surface area contributed by atoms with E-state index >= 15 is 0 Å². The number of aromatic nitrogens is 2. The van der Waals surface area contributed by atoms with Gasteiger partial charge < -0.3 is 4.90 Å². The van der Waals surface area contributed by atoms with E-state index in [2.05, 4.69) is 4.98 Å². The first-order valence-electron chi connectivity index (χ1n) is 8.92. The number of hydrogen-bond donors (Lipinski definition) is 0. The lowest BCUT2D eigenvalue weighted by Crippen LogP contribution is -2.29. The summed E-state index contributed by atoms with van der Waals surface area (Å²) >= 11 is 13.3. The van der Waals surface area contributed by atoms with Crippen molar-refractivity contribution in [3.8, 4) is 5.69 Å². The fourth-order valence-electron chi connectivity index (χ4n) is 3.24. The monoisotopic (exact) mass is 433 g/mol. The molecule has 2 aromatic carbocycles. The molecule has 0 unspecified atom stereocenters. The van der Waals surface area contributed by atoms with Gasteiger partial charge in [0.25, 0.3) is 5.56 Å². The maximum Gasteiger partial charge on any atom is 0.266 e. The molecule has 8 heteroatoms. The normalized spacial score (nSPS) is 14.0. The largest absolute Gasteiger partial charge is 0.342 e. The molecule has 1 saturated heterocycles. The summed E-state index contributed by atoms with van der Waals surface area (Å²) in [6, 6.07) is 12.0. The number of halogens is 2. The maximum absolute atomic E-state index is 13.2. The van der Waals surface area contributed by atoms with Crippen molar-refractivity contribution in [3.63, 3.8) is 0 Å². The van der Waals surface area contributed by atoms with Crippen LogP contribution >= 0.6 is 35.0 Å². The van der Waals surface area contributed by atoms with Crippen molar-refractivity contribution in [2.45, 2.75) is 18.0 Å². The second-order valence-electron chi connectivity index (χ2n) is 6.55. The number of carbonyl (C=O) groups excluding carboxylic acids is 1. The van der Waals surface area contributed by atoms with Gasteiger partial charge in [0, 0.05) is 23.1 Å². The molecule has 144 valence electrons. The van der Waals surface area contributed by atoms with Gasteiger partial charge in [0.15, 0.2) is 5.16 Å². The molecule has 3 aromatic rings. The molecule has 2 heterocycles. The molecule has 0 bridgehead atoms. The number of carbonyl (C=O) groups is 1. The molecule has 4 rings (SSSR count). The lowest BCUT2D eigenvalue weighted by Gasteiger charge is -2.16. The predicted molar refractivity (Wildman–Crippen MR) is 114 cm³/mol. The van der Waals surface area contributed by atoms with E-state index in [1.165, 1.54) is 16.3 Å². The molecule has 1 aliphatic heterocycles. The number of hydrogen-bond acceptors (Lipinski definition) is 4. The van der Waals surface area contributed by atoms with Crippen molar-refractivity contribution in [2.75, 3.05) is 18.8 Å². The number of benzene rings is 2. The topological polar surface area (TPSA) is 55.2 Å². The third-order valence-corrected chi connectivity index (χ3v) is 6.08. The van der Waals surface area contributed by atoms with Gasteiger partial charge in [0.2, 0.25) is 5.91 Å². The van der Waals surface area contributed by atoms with Gasteiger partial charge >= 0.3 is 0 Å². The van der Waals surface area contributed by atoms with Crippen molar-refractivity contribution in [2.24, 2.45) is 0 Å². The van der Waals surface area contributed by atoms with Crippen molar-refractivity contribution >= 4 is 51.8 Å². The highest BCUT2D eigenvalue weighted by Crippen LogP contribution is 2.24. The molecule has 1 aliphatic rings. The van der Waals surface area contributed by atoms with Crippen LogP contribution in [-0.2, 0) is 4.79 Å². The van der Waals surface area contributed by atoms with Crippen molar-refractivity contribution in [1.82, 2.24) is 14.5 Å². The van der Waals surface area contributed by atoms with Crippen molar-refractivity contribution < 1.29 is 4.79 Å². The first-order valence-corrected chi connectivity index (χ1v) is 10.7. The molecule has 0 atom stereocenters. The van der Waals surface area contributed by atoms with Gasteiger partial charge in [0.1, 0.15) is 0 Å². The first-order chi connectivity index (χ1) is 13.5. The molecule has 0 radical (unpaired) electrons. The number of nitrogens with zero attached hydrogens (tertiary/aromatic N) is 3. The van der Waals surface area contributed by atoms with Crippen LogP contribution in [0.4, 0.5) is 0 Å². The summed E-state index contributed by atoms with van der Waals surface area (Å²) in [6.07, 6.45) is 2.08. The van der Waals surface area contributed by atoms with Crippen LogP contribution < -0.4 is 5.56 Å². The Morgan fingerprint density at radius 3 is 2.43 bits per heavy atom. The lowest BCUT2D eigenvalue weighted by atomic mass is 10.2. The zero-order chi connectivity index (χ0) is 19.7. The molecular weight excluding hydrogens is 417 g/mol. The van der Waals surface area contributed by atoms with Crippen LogP contribution in [0.3, 0.4) is 0 Å². The number of fused-ring (bicyclic) bond motifs is 1. The average molecular weight is 434 g/mol. The summed E-state index contributed by atoms with van der Waals surface area (Å²) in [4.78, 5) is 32.1. The molecule has 28 heavy (non-hydrogen) atoms. The number of rotatable bonds is 4. The van der Waals surface area contributed by atoms with Crippen LogP contribution in [0.2, 0.25) is 10.0 Å². The van der Waals surface area contributed by atoms with Crippen LogP contribution in [0, 0.1) is 0 Å². The standard InChI is InChI=1S/C20H17Cl2N3O2S/c21-13-3-6-15(7-4-13)25-19(27)16-8-5-14(22)11-17(16)23-20(25)28-12-18(26)24-9-1-2-10-24/h3-8,11H,1-2,9-10,12H2. The van der Waals surface area contributed by atoms with E-state index in [1.807, 2.05) is 4.90 Å². The zero-order valence-corrected chi connectivity index (χ0v) is 17.2. The molecule has 1 fully saturated rings. The Hall–Kier alpha value is -2.02. The Bertz CT molecular complexity index is 1090. The fourth-order valence-corrected chi connectivity index (χ4v) is 4.45. The summed E-state index contributed by atoms with van der Waals surface area (Å²) in [7, 11) is 0. The van der Waals surface area contributed by atoms with Gasteiger partial charge in [-0.25, -0.2) is 4.98 Å². The molecule has 0 N–H and O–H groups in total. The summed E-state index contributed by atoms with van der Waals surface area (Å²) in [5.74, 6) is 0.289. The third kappa shape index (κ3) is 3.90. The molecule has 0 spiro atoms. The highest BCUT2D eigenvalue weighted by atomic mass is 35.5. The minimum Gasteiger partial charge on any atom is -0.342 e. The van der Waals surface area contributed by atoms with Crippen LogP contribution in [0.5, 0.6) is 0 Å². The molecule has 1 amide bonds. The van der Waals surface area contributed by atoms with Crippen LogP contribution in [0.1, 0.15) is 12.8 Å². The number of likely N-dealkylation sites (tertiary alicyclic amines) is 1. The molecule has 0 saturated carbocycles. The second-order valence-corrected chi connectivity index (χ2v) is 8.36. The van der Waals surface area contributed by atoms with Gasteiger partial charge in [-0.1, -0.05) is 35.0 Å². The van der Waals surface area contributed by atoms with Gasteiger partial charge in [-0.05, 0) is 55.3 Å². The smallest absolute Gasteiger partial charge is 0.266 e. The van der Waals surface area contributed by atoms with E-state index < -0.39 is 0 Å². The minimum absolute atomic E-state index is 0.0607. The summed E-state index contributed by atoms with van der Waals surface area (Å²) in [5, 5.41) is 2.01. The van der Waals surface area contributed by atoms with Gasteiger partial charge in [-0.15, -0.1) is 0 Å². The van der Waals surface area contributed by atoms with E-state index in [4.69, 9.17) is 23.2 Å². The second kappa shape index (κ2) is 8.15. The van der Waals surface area contributed by atoms with Gasteiger partial charge in [-0.3, -0.25) is 14.2 Å². The van der Waals surface area contributed by atoms with E-state index in [9.17, 15) is 9.59 Å². The summed E-state index contributed by atoms with van der Waals surface area (Å²) < 4.78 is 1.52. The third-order valence-electron chi connectivity index (χ3n) is 4.67. The highest BCUT2D eigenvalue weighted by Gasteiger charge is 2.20. The van der Waals surface area contributed by atoms with Crippen molar-refractivity contribution in [1.29, 1.82) is 0 Å². The predicted octanol–water partition coefficient (Wildman–Crippen LogP) is 4.41. The van der Waals surface area contributed by atoms with E-state index in [0.29, 0.717) is 31.8 Å². The van der Waals surface area contributed by atoms with E-state index in [0.717, 1.165) is 25.9 Å². The van der Waals surface area contributed by atoms with Crippen LogP contribution in [-0.4, -0.2) is 39.2 Å². The summed E-state index contributed by atoms with van der Waals surface area (Å²) in [5.41, 5.74) is 0.953. The lowest BCUT2D eigenvalue weighted by molar-refractivity contribution is -0.127. The number of amides is 1. The fraction of sp³-hybridized carbons (Fsp3) is 0.250. The molecule has 1 aromatic heterocycles. The maximum atomic E-state index is 13.2. The van der Waals surface area contributed by atoms with Gasteiger partial charge in [0.05, 0.1) is 22.3 Å². The minimum atomic E-state index is -0.208. The zero-order valence-electron chi connectivity index (χ0n) is 14.9. The average Bonchev–Trinajstić information content (AvgIpc) is 3.22. The van der Waals surface area contributed by atoms with Gasteiger partial charge in [-0.2, -0.15) is 0 Å². The SMILES string of the molecule is O=C(CSc1nc2cc(Cl)ccc2c(=O)n1-c1ccc(Cl)cc1)N1CCCC1. The molecule has 5 nitrogen and oxygen atoms in total. The van der Waals surface area contributed by atoms with E-state index in [-0.39, 0.29) is 17.2 Å². The number of thioether (sulfide) groups is 1. The van der Waals surface area contributed by atoms with Crippen LogP contribution in [0.15, 0.2) is 52.4 Å². The Morgan fingerprint density at radius 1 is 1.04 bits per heavy atom. The van der Waals surface area contributed by atoms with Crippen LogP contribution in [0.25, 0.3) is 16.6 Å². The van der Waals surface area contributed by atoms with Crippen molar-refractivity contribution in [3.05, 3.63) is 62.9 Å². The quantitative estimate of drug-likeness (QED) is 0.451. The van der Waals surface area contributed by atoms with E-state index in [1.54, 1.807) is 42.5 Å². The Balaban J connectivity index is 1.77. The Morgan fingerprint density at radius 2 is 1.71 bits per heavy atom. The highest BCUT2D eigenvalue weighted by molar-refractivity contribution is 7.99. The Labute approximate surface area is 176 Å². The first kappa shape index (κ1) is 19.3. The molecule has 0 aliphatic carbocycles.